The van der Waals surface area contributed by atoms with Gasteiger partial charge in [-0.15, -0.1) is 23.1 Å². The van der Waals surface area contributed by atoms with Gasteiger partial charge in [0, 0.05) is 26.9 Å². The van der Waals surface area contributed by atoms with Crippen LogP contribution in [-0.4, -0.2) is 5.78 Å². The maximum Gasteiger partial charge on any atom is 0.259 e. The van der Waals surface area contributed by atoms with Gasteiger partial charge in [0.25, 0.3) is 5.69 Å². The number of hydrogen-bond acceptors (Lipinski definition) is 4. The molecule has 0 saturated carbocycles. The highest BCUT2D eigenvalue weighted by Gasteiger charge is 2.29. The molecule has 2 aromatic carbocycles. The van der Waals surface area contributed by atoms with Crippen LogP contribution in [0.2, 0.25) is 0 Å². The Morgan fingerprint density at radius 1 is 0.969 bits per heavy atom. The summed E-state index contributed by atoms with van der Waals surface area (Å²) in [6.45, 7) is 6.23. The van der Waals surface area contributed by atoms with E-state index in [0.29, 0.717) is 16.1 Å². The number of nitrogens with zero attached hydrogens (tertiary/aromatic N) is 1. The van der Waals surface area contributed by atoms with Gasteiger partial charge in [0.05, 0.1) is 0 Å². The number of carbonyl (C=O) groups excluding carboxylic acids is 1. The Balaban J connectivity index is 1.77. The van der Waals surface area contributed by atoms with Gasteiger partial charge in [-0.25, -0.2) is 0 Å². The molecule has 162 valence electrons. The summed E-state index contributed by atoms with van der Waals surface area (Å²) in [6.07, 6.45) is 4.13. The average Bonchev–Trinajstić information content (AvgIpc) is 3.09. The van der Waals surface area contributed by atoms with E-state index in [0.717, 1.165) is 31.2 Å². The van der Waals surface area contributed by atoms with E-state index < -0.39 is 0 Å². The maximum absolute atomic E-state index is 13.3. The number of aromatic nitrogens is 1. The maximum atomic E-state index is 13.3. The number of thiophene rings is 1. The van der Waals surface area contributed by atoms with Crippen LogP contribution in [0.1, 0.15) is 37.5 Å². The third-order valence-electron chi connectivity index (χ3n) is 5.09. The van der Waals surface area contributed by atoms with Gasteiger partial charge >= 0.3 is 0 Å². The number of aryl methyl sites for hydroxylation is 3. The smallest absolute Gasteiger partial charge is 0.259 e. The van der Waals surface area contributed by atoms with Crippen molar-refractivity contribution in [3.05, 3.63) is 104 Å². The van der Waals surface area contributed by atoms with Crippen molar-refractivity contribution >= 4 is 50.5 Å². The molecule has 3 nitrogen and oxygen atoms in total. The summed E-state index contributed by atoms with van der Waals surface area (Å²) in [6, 6.07) is 18.1. The standard InChI is InChI=1S/C26H23BrN2OS2/c1-16-4-6-19(7-5-16)15-31-26-23(29-13-17(2)12-18(3)14-29)22(28)25(32-26)24(30)20-8-10-21(27)11-9-20/h4-14H,15H2,1-3H3,(H-,28,30)/p+1. The number of pyridine rings is 1. The van der Waals surface area contributed by atoms with Crippen molar-refractivity contribution < 1.29 is 9.36 Å². The molecule has 2 heterocycles. The molecule has 4 rings (SSSR count). The van der Waals surface area contributed by atoms with Crippen molar-refractivity contribution in [3.8, 4) is 5.69 Å². The Morgan fingerprint density at radius 3 is 2.22 bits per heavy atom. The van der Waals surface area contributed by atoms with Gasteiger partial charge in [0.1, 0.15) is 14.8 Å². The van der Waals surface area contributed by atoms with E-state index in [4.69, 9.17) is 5.73 Å². The van der Waals surface area contributed by atoms with Crippen LogP contribution in [0.3, 0.4) is 0 Å². The van der Waals surface area contributed by atoms with E-state index in [1.165, 1.54) is 22.5 Å². The molecular weight excluding hydrogens is 500 g/mol. The topological polar surface area (TPSA) is 47.0 Å². The van der Waals surface area contributed by atoms with E-state index in [9.17, 15) is 4.79 Å². The molecule has 0 aliphatic heterocycles. The minimum absolute atomic E-state index is 0.0478. The number of benzene rings is 2. The summed E-state index contributed by atoms with van der Waals surface area (Å²) in [7, 11) is 0. The van der Waals surface area contributed by atoms with Crippen LogP contribution < -0.4 is 10.3 Å². The Kier molecular flexibility index (Phi) is 6.84. The molecule has 6 heteroatoms. The molecule has 0 aliphatic rings. The molecule has 0 amide bonds. The lowest BCUT2D eigenvalue weighted by molar-refractivity contribution is -0.597. The van der Waals surface area contributed by atoms with E-state index in [2.05, 4.69) is 84.0 Å². The second-order valence-corrected chi connectivity index (χ2v) is 11.1. The molecule has 0 saturated heterocycles. The molecule has 2 N–H and O–H groups in total. The zero-order valence-electron chi connectivity index (χ0n) is 18.2. The SMILES string of the molecule is Cc1ccc(CSc2sc(C(=O)c3ccc(Br)cc3)c(N)c2-[n+]2cc(C)cc(C)c2)cc1. The third-order valence-corrected chi connectivity index (χ3v) is 8.14. The largest absolute Gasteiger partial charge is 0.392 e. The summed E-state index contributed by atoms with van der Waals surface area (Å²) >= 11 is 6.63. The fourth-order valence-corrected chi connectivity index (χ4v) is 6.21. The minimum atomic E-state index is -0.0478. The first-order valence-electron chi connectivity index (χ1n) is 10.2. The number of anilines is 1. The van der Waals surface area contributed by atoms with E-state index in [-0.39, 0.29) is 5.78 Å². The molecule has 0 radical (unpaired) electrons. The van der Waals surface area contributed by atoms with Crippen molar-refractivity contribution in [1.29, 1.82) is 0 Å². The van der Waals surface area contributed by atoms with Gasteiger partial charge in [0.2, 0.25) is 5.78 Å². The van der Waals surface area contributed by atoms with Crippen LogP contribution in [0, 0.1) is 20.8 Å². The van der Waals surface area contributed by atoms with Crippen LogP contribution >= 0.6 is 39.0 Å². The van der Waals surface area contributed by atoms with Gasteiger partial charge in [-0.2, -0.15) is 4.57 Å². The molecule has 0 unspecified atom stereocenters. The molecule has 0 aliphatic carbocycles. The Morgan fingerprint density at radius 2 is 1.59 bits per heavy atom. The number of ketones is 1. The molecule has 0 atom stereocenters. The highest BCUT2D eigenvalue weighted by Crippen LogP contribution is 2.41. The van der Waals surface area contributed by atoms with Crippen molar-refractivity contribution in [2.45, 2.75) is 30.7 Å². The molecule has 0 spiro atoms. The first kappa shape index (κ1) is 22.8. The fraction of sp³-hybridized carbons (Fsp3) is 0.154. The highest BCUT2D eigenvalue weighted by molar-refractivity contribution is 9.10. The van der Waals surface area contributed by atoms with E-state index in [1.54, 1.807) is 11.8 Å². The summed E-state index contributed by atoms with van der Waals surface area (Å²) in [5.41, 5.74) is 13.5. The summed E-state index contributed by atoms with van der Waals surface area (Å²) < 4.78 is 4.04. The first-order chi connectivity index (χ1) is 15.3. The predicted octanol–water partition coefficient (Wildman–Crippen LogP) is 6.82. The number of hydrogen-bond donors (Lipinski definition) is 1. The van der Waals surface area contributed by atoms with Gasteiger partial charge in [-0.1, -0.05) is 45.8 Å². The van der Waals surface area contributed by atoms with Crippen molar-refractivity contribution in [2.75, 3.05) is 5.73 Å². The van der Waals surface area contributed by atoms with Crippen molar-refractivity contribution in [2.24, 2.45) is 0 Å². The second-order valence-electron chi connectivity index (χ2n) is 7.89. The molecule has 4 aromatic rings. The number of halogens is 1. The number of rotatable bonds is 6. The third kappa shape index (κ3) is 4.98. The molecule has 2 aromatic heterocycles. The minimum Gasteiger partial charge on any atom is -0.392 e. The zero-order chi connectivity index (χ0) is 22.8. The molecular formula is C26H24BrN2OS2+. The fourth-order valence-electron chi connectivity index (χ4n) is 3.53. The number of nitrogen functional groups attached to an aromatic ring is 1. The lowest BCUT2D eigenvalue weighted by atomic mass is 10.1. The Bertz CT molecular complexity index is 1260. The first-order valence-corrected chi connectivity index (χ1v) is 12.8. The van der Waals surface area contributed by atoms with Crippen LogP contribution in [0.4, 0.5) is 5.69 Å². The van der Waals surface area contributed by atoms with Crippen LogP contribution in [-0.2, 0) is 5.75 Å². The van der Waals surface area contributed by atoms with E-state index in [1.807, 2.05) is 24.3 Å². The quantitative estimate of drug-likeness (QED) is 0.171. The van der Waals surface area contributed by atoms with Crippen molar-refractivity contribution in [3.63, 3.8) is 0 Å². The van der Waals surface area contributed by atoms with Crippen LogP contribution in [0.25, 0.3) is 5.69 Å². The Labute approximate surface area is 205 Å². The van der Waals surface area contributed by atoms with E-state index >= 15 is 0 Å². The average molecular weight is 525 g/mol. The lowest BCUT2D eigenvalue weighted by Crippen LogP contribution is -2.32. The lowest BCUT2D eigenvalue weighted by Gasteiger charge is -2.04. The number of carbonyl (C=O) groups is 1. The molecule has 0 bridgehead atoms. The number of thioether (sulfide) groups is 1. The van der Waals surface area contributed by atoms with Crippen molar-refractivity contribution in [1.82, 2.24) is 0 Å². The number of nitrogens with two attached hydrogens (primary N) is 1. The van der Waals surface area contributed by atoms with Gasteiger partial charge < -0.3 is 5.73 Å². The monoisotopic (exact) mass is 523 g/mol. The summed E-state index contributed by atoms with van der Waals surface area (Å²) in [5.74, 6) is 0.762. The van der Waals surface area contributed by atoms with Gasteiger partial charge in [-0.3, -0.25) is 4.79 Å². The normalized spacial score (nSPS) is 11.0. The van der Waals surface area contributed by atoms with Gasteiger partial charge in [0.15, 0.2) is 12.4 Å². The van der Waals surface area contributed by atoms with Crippen LogP contribution in [0.15, 0.2) is 75.7 Å². The highest BCUT2D eigenvalue weighted by atomic mass is 79.9. The molecule has 32 heavy (non-hydrogen) atoms. The predicted molar refractivity (Wildman–Crippen MR) is 138 cm³/mol. The van der Waals surface area contributed by atoms with Gasteiger partial charge in [-0.05, 0) is 56.7 Å². The second kappa shape index (κ2) is 9.61. The summed E-state index contributed by atoms with van der Waals surface area (Å²) in [5, 5.41) is 0. The Hall–Kier alpha value is -2.41. The van der Waals surface area contributed by atoms with Crippen LogP contribution in [0.5, 0.6) is 0 Å². The summed E-state index contributed by atoms with van der Waals surface area (Å²) in [4.78, 5) is 13.9. The zero-order valence-corrected chi connectivity index (χ0v) is 21.4. The molecule has 0 fully saturated rings.